The smallest absolute Gasteiger partial charge is 0.306 e. The highest BCUT2D eigenvalue weighted by molar-refractivity contribution is 5.88. The number of nitrogens with zero attached hydrogens (tertiary/aromatic N) is 1. The summed E-state index contributed by atoms with van der Waals surface area (Å²) in [7, 11) is 1.56. The van der Waals surface area contributed by atoms with Crippen molar-refractivity contribution in [2.75, 3.05) is 7.11 Å². The van der Waals surface area contributed by atoms with Crippen LogP contribution in [0.1, 0.15) is 65.3 Å². The van der Waals surface area contributed by atoms with Gasteiger partial charge in [0.1, 0.15) is 11.9 Å². The summed E-state index contributed by atoms with van der Waals surface area (Å²) < 4.78 is 11.7. The van der Waals surface area contributed by atoms with Crippen LogP contribution in [0.2, 0.25) is 0 Å². The molecule has 0 radical (unpaired) electrons. The van der Waals surface area contributed by atoms with E-state index >= 15 is 0 Å². The second-order valence-electron chi connectivity index (χ2n) is 9.55. The number of aliphatic carboxylic acids is 1. The lowest BCUT2D eigenvalue weighted by atomic mass is 9.82. The number of carboxylic acid groups (broad SMARTS) is 1. The number of methoxy groups -OCH3 is 1. The lowest BCUT2D eigenvalue weighted by Crippen LogP contribution is -2.21. The molecule has 1 aliphatic carbocycles. The number of carbonyl (C=O) groups is 2. The van der Waals surface area contributed by atoms with E-state index in [9.17, 15) is 14.7 Å². The van der Waals surface area contributed by atoms with Crippen LogP contribution >= 0.6 is 0 Å². The van der Waals surface area contributed by atoms with Crippen LogP contribution in [0.15, 0.2) is 54.7 Å². The molecule has 0 unspecified atom stereocenters. The van der Waals surface area contributed by atoms with E-state index in [1.54, 1.807) is 20.2 Å². The maximum Gasteiger partial charge on any atom is 0.306 e. The van der Waals surface area contributed by atoms with Gasteiger partial charge < -0.3 is 14.6 Å². The number of pyridine rings is 1. The Hall–Kier alpha value is -3.67. The number of rotatable bonds is 8. The second kappa shape index (κ2) is 9.53. The zero-order valence-electron chi connectivity index (χ0n) is 19.9. The molecule has 5 rings (SSSR count). The van der Waals surface area contributed by atoms with Crippen LogP contribution in [0.3, 0.4) is 0 Å². The standard InChI is InChI=1S/C29H29NO5/c1-17(29(32)33)28(19-4-5-19)22-6-3-18-8-10-25(35-26(18)14-22)21-7-9-24(23(13-21)16-31)20-11-12-30-27(15-20)34-2/h3,6-7,9,11-17,19,25,28H,4-5,8,10H2,1-2H3,(H,32,33)/t17-,25-,28-/m0/s1. The lowest BCUT2D eigenvalue weighted by molar-refractivity contribution is -0.142. The van der Waals surface area contributed by atoms with E-state index in [2.05, 4.69) is 17.1 Å². The van der Waals surface area contributed by atoms with Gasteiger partial charge in [-0.25, -0.2) is 4.98 Å². The Kier molecular flexibility index (Phi) is 6.29. The topological polar surface area (TPSA) is 85.7 Å². The van der Waals surface area contributed by atoms with Crippen LogP contribution in [0, 0.1) is 11.8 Å². The second-order valence-corrected chi connectivity index (χ2v) is 9.55. The van der Waals surface area contributed by atoms with Crippen molar-refractivity contribution in [2.24, 2.45) is 11.8 Å². The van der Waals surface area contributed by atoms with Gasteiger partial charge in [-0.05, 0) is 83.5 Å². The number of benzene rings is 2. The molecule has 2 heterocycles. The molecule has 1 fully saturated rings. The summed E-state index contributed by atoms with van der Waals surface area (Å²) in [6.45, 7) is 1.80. The quantitative estimate of drug-likeness (QED) is 0.415. The third-order valence-electron chi connectivity index (χ3n) is 7.31. The van der Waals surface area contributed by atoms with E-state index < -0.39 is 11.9 Å². The largest absolute Gasteiger partial charge is 0.485 e. The Morgan fingerprint density at radius 1 is 1.14 bits per heavy atom. The molecule has 6 heteroatoms. The van der Waals surface area contributed by atoms with Gasteiger partial charge in [0.15, 0.2) is 6.29 Å². The summed E-state index contributed by atoms with van der Waals surface area (Å²) in [5.74, 6) is 0.542. The van der Waals surface area contributed by atoms with Gasteiger partial charge in [0, 0.05) is 17.8 Å². The number of aryl methyl sites for hydroxylation is 1. The molecule has 3 atom stereocenters. The Balaban J connectivity index is 1.42. The maximum absolute atomic E-state index is 12.0. The molecule has 180 valence electrons. The summed E-state index contributed by atoms with van der Waals surface area (Å²) in [6.07, 6.45) is 6.19. The average Bonchev–Trinajstić information content (AvgIpc) is 3.73. The summed E-state index contributed by atoms with van der Waals surface area (Å²) in [5.41, 5.74) is 5.39. The van der Waals surface area contributed by atoms with E-state index in [1.807, 2.05) is 36.4 Å². The van der Waals surface area contributed by atoms with E-state index in [1.165, 1.54) is 0 Å². The Morgan fingerprint density at radius 3 is 2.69 bits per heavy atom. The van der Waals surface area contributed by atoms with Gasteiger partial charge in [-0.15, -0.1) is 0 Å². The van der Waals surface area contributed by atoms with Gasteiger partial charge in [0.25, 0.3) is 0 Å². The third kappa shape index (κ3) is 4.65. The summed E-state index contributed by atoms with van der Waals surface area (Å²) in [5, 5.41) is 9.63. The van der Waals surface area contributed by atoms with E-state index in [-0.39, 0.29) is 12.0 Å². The van der Waals surface area contributed by atoms with Crippen molar-refractivity contribution in [1.82, 2.24) is 4.98 Å². The molecule has 1 aromatic heterocycles. The molecule has 1 N–H and O–H groups in total. The number of aromatic nitrogens is 1. The van der Waals surface area contributed by atoms with Gasteiger partial charge in [0.2, 0.25) is 5.88 Å². The third-order valence-corrected chi connectivity index (χ3v) is 7.31. The molecule has 2 aliphatic rings. The van der Waals surface area contributed by atoms with Crippen molar-refractivity contribution in [1.29, 1.82) is 0 Å². The fourth-order valence-electron chi connectivity index (χ4n) is 5.24. The zero-order chi connectivity index (χ0) is 24.5. The van der Waals surface area contributed by atoms with Crippen LogP contribution < -0.4 is 9.47 Å². The molecule has 6 nitrogen and oxygen atoms in total. The Bertz CT molecular complexity index is 1270. The number of hydrogen-bond acceptors (Lipinski definition) is 5. The highest BCUT2D eigenvalue weighted by Gasteiger charge is 2.39. The van der Waals surface area contributed by atoms with Gasteiger partial charge in [-0.1, -0.05) is 31.2 Å². The van der Waals surface area contributed by atoms with Crippen molar-refractivity contribution >= 4 is 12.3 Å². The first-order chi connectivity index (χ1) is 17.0. The number of fused-ring (bicyclic) bond motifs is 1. The molecule has 0 bridgehead atoms. The molecule has 0 spiro atoms. The minimum Gasteiger partial charge on any atom is -0.485 e. The van der Waals surface area contributed by atoms with Crippen molar-refractivity contribution in [3.8, 4) is 22.8 Å². The summed E-state index contributed by atoms with van der Waals surface area (Å²) >= 11 is 0. The van der Waals surface area contributed by atoms with Crippen LogP contribution in [0.4, 0.5) is 0 Å². The van der Waals surface area contributed by atoms with Crippen molar-refractivity contribution in [3.63, 3.8) is 0 Å². The lowest BCUT2D eigenvalue weighted by Gasteiger charge is -2.29. The van der Waals surface area contributed by atoms with Crippen molar-refractivity contribution in [2.45, 2.75) is 44.6 Å². The number of aldehydes is 1. The molecule has 35 heavy (non-hydrogen) atoms. The molecule has 1 aliphatic heterocycles. The maximum atomic E-state index is 12.0. The molecule has 1 saturated carbocycles. The minimum absolute atomic E-state index is 0.0000737. The van der Waals surface area contributed by atoms with Crippen molar-refractivity contribution in [3.05, 3.63) is 77.0 Å². The fourth-order valence-corrected chi connectivity index (χ4v) is 5.24. The highest BCUT2D eigenvalue weighted by Crippen LogP contribution is 2.48. The number of ether oxygens (including phenoxy) is 2. The van der Waals surface area contributed by atoms with Gasteiger partial charge in [-0.3, -0.25) is 9.59 Å². The number of carbonyl (C=O) groups excluding carboxylic acids is 1. The Morgan fingerprint density at radius 2 is 1.97 bits per heavy atom. The monoisotopic (exact) mass is 471 g/mol. The predicted octanol–water partition coefficient (Wildman–Crippen LogP) is 5.85. The first-order valence-electron chi connectivity index (χ1n) is 12.1. The fraction of sp³-hybridized carbons (Fsp3) is 0.345. The molecule has 0 amide bonds. The molecule has 3 aromatic rings. The van der Waals surface area contributed by atoms with E-state index in [4.69, 9.17) is 9.47 Å². The Labute approximate surface area is 204 Å². The van der Waals surface area contributed by atoms with Gasteiger partial charge >= 0.3 is 5.97 Å². The van der Waals surface area contributed by atoms with Crippen LogP contribution in [0.25, 0.3) is 11.1 Å². The summed E-state index contributed by atoms with van der Waals surface area (Å²) in [4.78, 5) is 27.8. The highest BCUT2D eigenvalue weighted by atomic mass is 16.5. The summed E-state index contributed by atoms with van der Waals surface area (Å²) in [6, 6.07) is 15.7. The average molecular weight is 472 g/mol. The van der Waals surface area contributed by atoms with Gasteiger partial charge in [0.05, 0.1) is 13.0 Å². The van der Waals surface area contributed by atoms with Crippen LogP contribution in [-0.4, -0.2) is 29.5 Å². The first-order valence-corrected chi connectivity index (χ1v) is 12.1. The zero-order valence-corrected chi connectivity index (χ0v) is 19.9. The minimum atomic E-state index is -0.758. The molecule has 2 aromatic carbocycles. The van der Waals surface area contributed by atoms with Crippen molar-refractivity contribution < 1.29 is 24.2 Å². The van der Waals surface area contributed by atoms with E-state index in [0.29, 0.717) is 17.4 Å². The molecule has 0 saturated heterocycles. The van der Waals surface area contributed by atoms with Crippen LogP contribution in [-0.2, 0) is 11.2 Å². The van der Waals surface area contributed by atoms with Crippen LogP contribution in [0.5, 0.6) is 11.6 Å². The first kappa shape index (κ1) is 23.1. The van der Waals surface area contributed by atoms with Gasteiger partial charge in [-0.2, -0.15) is 0 Å². The molecular weight excluding hydrogens is 442 g/mol. The van der Waals surface area contributed by atoms with E-state index in [0.717, 1.165) is 65.5 Å². The number of carboxylic acids is 1. The molecular formula is C29H29NO5. The predicted molar refractivity (Wildman–Crippen MR) is 132 cm³/mol. The SMILES string of the molecule is COc1cc(-c2ccc([C@@H]3CCc4ccc([C@H](C5CC5)[C@H](C)C(=O)O)cc4O3)cc2C=O)ccn1. The number of hydrogen-bond donors (Lipinski definition) is 1. The normalized spacial score (nSPS) is 18.6.